The maximum Gasteiger partial charge on any atom is 0.229 e. The predicted molar refractivity (Wildman–Crippen MR) is 102 cm³/mol. The van der Waals surface area contributed by atoms with Crippen molar-refractivity contribution in [2.75, 3.05) is 25.1 Å². The highest BCUT2D eigenvalue weighted by molar-refractivity contribution is 6.34. The zero-order valence-corrected chi connectivity index (χ0v) is 16.3. The molecule has 7 heteroatoms. The number of rotatable bonds is 3. The van der Waals surface area contributed by atoms with Crippen LogP contribution in [0, 0.1) is 11.8 Å². The van der Waals surface area contributed by atoms with Crippen LogP contribution in [0.4, 0.5) is 5.69 Å². The number of anilines is 1. The van der Waals surface area contributed by atoms with Gasteiger partial charge in [-0.15, -0.1) is 0 Å². The van der Waals surface area contributed by atoms with Crippen molar-refractivity contribution >= 4 is 29.1 Å². The second-order valence-corrected chi connectivity index (χ2v) is 8.23. The molecule has 1 saturated carbocycles. The van der Waals surface area contributed by atoms with E-state index in [1.54, 1.807) is 12.1 Å². The molecule has 0 aromatic heterocycles. The van der Waals surface area contributed by atoms with Crippen LogP contribution in [0.5, 0.6) is 11.5 Å². The Kier molecular flexibility index (Phi) is 5.17. The third-order valence-corrected chi connectivity index (χ3v) is 6.16. The summed E-state index contributed by atoms with van der Waals surface area (Å²) in [6.07, 6.45) is 4.64. The van der Waals surface area contributed by atoms with Crippen LogP contribution in [0.25, 0.3) is 0 Å². The maximum absolute atomic E-state index is 12.7. The second kappa shape index (κ2) is 7.58. The normalized spacial score (nSPS) is 27.6. The van der Waals surface area contributed by atoms with E-state index in [9.17, 15) is 9.59 Å². The fourth-order valence-electron chi connectivity index (χ4n) is 4.21. The average Bonchev–Trinajstić information content (AvgIpc) is 3.05. The van der Waals surface area contributed by atoms with E-state index in [0.717, 1.165) is 31.6 Å². The van der Waals surface area contributed by atoms with Gasteiger partial charge in [0.15, 0.2) is 11.5 Å². The van der Waals surface area contributed by atoms with Crippen molar-refractivity contribution in [2.45, 2.75) is 45.1 Å². The van der Waals surface area contributed by atoms with Gasteiger partial charge in [-0.2, -0.15) is 0 Å². The van der Waals surface area contributed by atoms with E-state index in [1.165, 1.54) is 0 Å². The predicted octanol–water partition coefficient (Wildman–Crippen LogP) is 3.48. The van der Waals surface area contributed by atoms with Gasteiger partial charge in [0.05, 0.1) is 16.6 Å². The first-order chi connectivity index (χ1) is 13.0. The first-order valence-electron chi connectivity index (χ1n) is 9.70. The van der Waals surface area contributed by atoms with Crippen molar-refractivity contribution in [1.82, 2.24) is 4.90 Å². The van der Waals surface area contributed by atoms with E-state index in [0.29, 0.717) is 42.0 Å². The summed E-state index contributed by atoms with van der Waals surface area (Å²) in [5.74, 6) is 1.45. The highest BCUT2D eigenvalue weighted by Crippen LogP contribution is 2.38. The van der Waals surface area contributed by atoms with Gasteiger partial charge in [0.25, 0.3) is 0 Å². The van der Waals surface area contributed by atoms with Crippen LogP contribution in [-0.4, -0.2) is 42.5 Å². The van der Waals surface area contributed by atoms with Gasteiger partial charge in [0.2, 0.25) is 11.8 Å². The number of hydrogen-bond acceptors (Lipinski definition) is 4. The molecule has 2 amide bonds. The van der Waals surface area contributed by atoms with Gasteiger partial charge in [-0.3, -0.25) is 9.59 Å². The summed E-state index contributed by atoms with van der Waals surface area (Å²) >= 11 is 6.28. The van der Waals surface area contributed by atoms with Crippen molar-refractivity contribution in [3.8, 4) is 11.5 Å². The van der Waals surface area contributed by atoms with E-state index in [1.807, 2.05) is 4.90 Å². The zero-order valence-electron chi connectivity index (χ0n) is 15.5. The number of carbonyl (C=O) groups excluding carboxylic acids is 2. The summed E-state index contributed by atoms with van der Waals surface area (Å²) in [4.78, 5) is 27.1. The summed E-state index contributed by atoms with van der Waals surface area (Å²) < 4.78 is 11.0. The maximum atomic E-state index is 12.7. The zero-order chi connectivity index (χ0) is 19.0. The lowest BCUT2D eigenvalue weighted by molar-refractivity contribution is -0.130. The second-order valence-electron chi connectivity index (χ2n) is 7.83. The lowest BCUT2D eigenvalue weighted by Crippen LogP contribution is -2.39. The lowest BCUT2D eigenvalue weighted by Gasteiger charge is -2.33. The number of fused-ring (bicyclic) bond motifs is 1. The van der Waals surface area contributed by atoms with E-state index in [2.05, 4.69) is 12.2 Å². The Bertz CT molecular complexity index is 746. The van der Waals surface area contributed by atoms with E-state index in [-0.39, 0.29) is 30.2 Å². The summed E-state index contributed by atoms with van der Waals surface area (Å²) in [7, 11) is 0. The molecule has 1 aromatic carbocycles. The van der Waals surface area contributed by atoms with Gasteiger partial charge >= 0.3 is 0 Å². The summed E-state index contributed by atoms with van der Waals surface area (Å²) in [5, 5.41) is 3.27. The van der Waals surface area contributed by atoms with Gasteiger partial charge in [0.1, 0.15) is 13.2 Å². The van der Waals surface area contributed by atoms with Crippen molar-refractivity contribution in [3.63, 3.8) is 0 Å². The molecule has 1 aromatic rings. The molecule has 1 aliphatic carbocycles. The number of amides is 2. The fourth-order valence-corrected chi connectivity index (χ4v) is 4.41. The topological polar surface area (TPSA) is 67.9 Å². The molecule has 27 heavy (non-hydrogen) atoms. The Morgan fingerprint density at radius 2 is 1.81 bits per heavy atom. The molecule has 2 fully saturated rings. The average molecular weight is 393 g/mol. The number of nitrogens with zero attached hydrogens (tertiary/aromatic N) is 1. The Hall–Kier alpha value is -1.95. The summed E-state index contributed by atoms with van der Waals surface area (Å²) in [5.41, 5.74) is 0.489. The Morgan fingerprint density at radius 1 is 1.15 bits per heavy atom. The number of benzene rings is 1. The van der Waals surface area contributed by atoms with E-state index >= 15 is 0 Å². The molecule has 146 valence electrons. The van der Waals surface area contributed by atoms with Gasteiger partial charge in [0, 0.05) is 31.1 Å². The molecule has 1 unspecified atom stereocenters. The quantitative estimate of drug-likeness (QED) is 0.855. The van der Waals surface area contributed by atoms with Crippen LogP contribution >= 0.6 is 11.6 Å². The van der Waals surface area contributed by atoms with E-state index < -0.39 is 0 Å². The first-order valence-corrected chi connectivity index (χ1v) is 10.1. The third kappa shape index (κ3) is 3.86. The number of likely N-dealkylation sites (tertiary alicyclic amines) is 1. The molecule has 3 aliphatic rings. The number of ether oxygens (including phenoxy) is 2. The first kappa shape index (κ1) is 18.4. The van der Waals surface area contributed by atoms with Crippen LogP contribution in [0.2, 0.25) is 5.02 Å². The summed E-state index contributed by atoms with van der Waals surface area (Å²) in [6, 6.07) is 3.62. The van der Waals surface area contributed by atoms with Gasteiger partial charge in [-0.1, -0.05) is 18.5 Å². The highest BCUT2D eigenvalue weighted by atomic mass is 35.5. The minimum atomic E-state index is -0.346. The van der Waals surface area contributed by atoms with Gasteiger partial charge < -0.3 is 19.7 Å². The van der Waals surface area contributed by atoms with Gasteiger partial charge in [-0.25, -0.2) is 0 Å². The molecular formula is C20H25ClN2O4. The van der Waals surface area contributed by atoms with Crippen molar-refractivity contribution in [2.24, 2.45) is 11.8 Å². The SMILES string of the molecule is CC1CCC(N2CC(C(=O)Nc3cc4c(cc3Cl)OCCO4)CC2=O)CC1. The minimum Gasteiger partial charge on any atom is -0.486 e. The van der Waals surface area contributed by atoms with Crippen LogP contribution in [0.15, 0.2) is 12.1 Å². The molecule has 1 saturated heterocycles. The number of hydrogen-bond donors (Lipinski definition) is 1. The molecule has 2 aliphatic heterocycles. The van der Waals surface area contributed by atoms with Crippen LogP contribution < -0.4 is 14.8 Å². The van der Waals surface area contributed by atoms with Crippen molar-refractivity contribution in [1.29, 1.82) is 0 Å². The summed E-state index contributed by atoms with van der Waals surface area (Å²) in [6.45, 7) is 3.70. The monoisotopic (exact) mass is 392 g/mol. The fraction of sp³-hybridized carbons (Fsp3) is 0.600. The molecule has 2 heterocycles. The third-order valence-electron chi connectivity index (χ3n) is 5.85. The largest absolute Gasteiger partial charge is 0.486 e. The van der Waals surface area contributed by atoms with Crippen LogP contribution in [0.1, 0.15) is 39.0 Å². The molecule has 0 radical (unpaired) electrons. The molecule has 6 nitrogen and oxygen atoms in total. The Balaban J connectivity index is 1.41. The number of nitrogens with one attached hydrogen (secondary N) is 1. The number of halogens is 1. The lowest BCUT2D eigenvalue weighted by atomic mass is 9.87. The molecule has 4 rings (SSSR count). The molecule has 0 bridgehead atoms. The van der Waals surface area contributed by atoms with Crippen LogP contribution in [-0.2, 0) is 9.59 Å². The van der Waals surface area contributed by atoms with Crippen molar-refractivity contribution in [3.05, 3.63) is 17.2 Å². The smallest absolute Gasteiger partial charge is 0.229 e. The molecule has 1 N–H and O–H groups in total. The molecule has 0 spiro atoms. The van der Waals surface area contributed by atoms with E-state index in [4.69, 9.17) is 21.1 Å². The minimum absolute atomic E-state index is 0.0861. The standard InChI is InChI=1S/C20H25ClN2O4/c1-12-2-4-14(5-3-12)23-11-13(8-19(23)24)20(25)22-16-10-18-17(9-15(16)21)26-6-7-27-18/h9-10,12-14H,2-8,11H2,1H3,(H,22,25). The van der Waals surface area contributed by atoms with Crippen molar-refractivity contribution < 1.29 is 19.1 Å². The van der Waals surface area contributed by atoms with Gasteiger partial charge in [-0.05, 0) is 31.6 Å². The Morgan fingerprint density at radius 3 is 2.52 bits per heavy atom. The Labute approximate surface area is 164 Å². The van der Waals surface area contributed by atoms with Crippen LogP contribution in [0.3, 0.4) is 0 Å². The molecule has 1 atom stereocenters. The number of carbonyl (C=O) groups is 2. The highest BCUT2D eigenvalue weighted by Gasteiger charge is 2.38. The molecular weight excluding hydrogens is 368 g/mol.